The molecular weight excluding hydrogens is 290 g/mol. The zero-order chi connectivity index (χ0) is 17.3. The molecule has 134 valence electrons. The average Bonchev–Trinajstić information content (AvgIpc) is 2.51. The summed E-state index contributed by atoms with van der Waals surface area (Å²) in [7, 11) is 0. The lowest BCUT2D eigenvalue weighted by Gasteiger charge is -2.08. The second-order valence-corrected chi connectivity index (χ2v) is 6.25. The Morgan fingerprint density at radius 2 is 1.43 bits per heavy atom. The number of aliphatic carboxylic acids is 1. The van der Waals surface area contributed by atoms with E-state index >= 15 is 0 Å². The molecule has 2 N–H and O–H groups in total. The molecule has 0 bridgehead atoms. The first kappa shape index (κ1) is 21.7. The molecule has 0 rings (SSSR count). The molecule has 0 aliphatic carbocycles. The number of hydrogen-bond donors (Lipinski definition) is 2. The van der Waals surface area contributed by atoms with Gasteiger partial charge in [0.05, 0.1) is 0 Å². The van der Waals surface area contributed by atoms with Gasteiger partial charge in [-0.3, -0.25) is 9.59 Å². The number of amides is 1. The van der Waals surface area contributed by atoms with Crippen molar-refractivity contribution in [2.24, 2.45) is 0 Å². The fourth-order valence-electron chi connectivity index (χ4n) is 2.38. The fraction of sp³-hybridized carbons (Fsp3) is 0.789. The number of allylic oxidation sites excluding steroid dienone is 2. The summed E-state index contributed by atoms with van der Waals surface area (Å²) in [6.45, 7) is 3.72. The number of hydrogen-bond acceptors (Lipinski definition) is 2. The second kappa shape index (κ2) is 15.6. The van der Waals surface area contributed by atoms with Crippen molar-refractivity contribution in [3.05, 3.63) is 12.2 Å². The standard InChI is InChI=1S/C19H35NO3/c1-3-4-5-6-7-8-9-10-11-12-13-14-15-16-18(21)20-17(2)19(22)23/h8-9,17H,3-7,10-16H2,1-2H3,(H,20,21)(H,22,23)/b9-8-. The van der Waals surface area contributed by atoms with Crippen LogP contribution >= 0.6 is 0 Å². The molecule has 4 nitrogen and oxygen atoms in total. The minimum atomic E-state index is -0.989. The van der Waals surface area contributed by atoms with Crippen LogP contribution in [0.5, 0.6) is 0 Å². The maximum absolute atomic E-state index is 11.5. The quantitative estimate of drug-likeness (QED) is 0.335. The van der Waals surface area contributed by atoms with Crippen molar-refractivity contribution in [2.75, 3.05) is 0 Å². The van der Waals surface area contributed by atoms with Crippen LogP contribution in [0.2, 0.25) is 0 Å². The maximum atomic E-state index is 11.5. The molecule has 0 heterocycles. The van der Waals surface area contributed by atoms with Gasteiger partial charge in [-0.2, -0.15) is 0 Å². The Labute approximate surface area is 141 Å². The molecule has 1 atom stereocenters. The SMILES string of the molecule is CCCCCC/C=C\CCCCCCCC(=O)NC(C)C(=O)O. The summed E-state index contributed by atoms with van der Waals surface area (Å²) >= 11 is 0. The van der Waals surface area contributed by atoms with Crippen molar-refractivity contribution in [3.63, 3.8) is 0 Å². The lowest BCUT2D eigenvalue weighted by molar-refractivity contribution is -0.141. The van der Waals surface area contributed by atoms with Crippen LogP contribution in [0.4, 0.5) is 0 Å². The zero-order valence-electron chi connectivity index (χ0n) is 15.0. The van der Waals surface area contributed by atoms with Gasteiger partial charge >= 0.3 is 5.97 Å². The Bertz CT molecular complexity index is 340. The summed E-state index contributed by atoms with van der Waals surface area (Å²) in [5.41, 5.74) is 0. The van der Waals surface area contributed by atoms with Crippen LogP contribution in [-0.2, 0) is 9.59 Å². The lowest BCUT2D eigenvalue weighted by atomic mass is 10.1. The molecule has 4 heteroatoms. The third-order valence-corrected chi connectivity index (χ3v) is 3.91. The first-order chi connectivity index (χ1) is 11.1. The van der Waals surface area contributed by atoms with Crippen LogP contribution in [0.3, 0.4) is 0 Å². The van der Waals surface area contributed by atoms with E-state index in [1.54, 1.807) is 0 Å². The van der Waals surface area contributed by atoms with Crippen molar-refractivity contribution in [1.82, 2.24) is 5.32 Å². The molecular formula is C19H35NO3. The number of carbonyl (C=O) groups is 2. The van der Waals surface area contributed by atoms with Gasteiger partial charge in [0.2, 0.25) is 5.91 Å². The Balaban J connectivity index is 3.31. The molecule has 0 saturated carbocycles. The second-order valence-electron chi connectivity index (χ2n) is 6.25. The monoisotopic (exact) mass is 325 g/mol. The largest absolute Gasteiger partial charge is 0.480 e. The Hall–Kier alpha value is -1.32. The van der Waals surface area contributed by atoms with Crippen LogP contribution in [0, 0.1) is 0 Å². The number of carboxylic acid groups (broad SMARTS) is 1. The average molecular weight is 325 g/mol. The zero-order valence-corrected chi connectivity index (χ0v) is 15.0. The van der Waals surface area contributed by atoms with E-state index in [0.29, 0.717) is 6.42 Å². The topological polar surface area (TPSA) is 66.4 Å². The van der Waals surface area contributed by atoms with Crippen LogP contribution in [0.15, 0.2) is 12.2 Å². The highest BCUT2D eigenvalue weighted by Gasteiger charge is 2.12. The molecule has 0 fully saturated rings. The van der Waals surface area contributed by atoms with Gasteiger partial charge in [0.15, 0.2) is 0 Å². The molecule has 1 amide bonds. The summed E-state index contributed by atoms with van der Waals surface area (Å²) in [5.74, 6) is -1.15. The number of unbranched alkanes of at least 4 members (excludes halogenated alkanes) is 9. The highest BCUT2D eigenvalue weighted by atomic mass is 16.4. The molecule has 0 aromatic heterocycles. The fourth-order valence-corrected chi connectivity index (χ4v) is 2.38. The van der Waals surface area contributed by atoms with E-state index in [1.807, 2.05) is 0 Å². The summed E-state index contributed by atoms with van der Waals surface area (Å²) in [6, 6.07) is -0.795. The number of nitrogens with one attached hydrogen (secondary N) is 1. The summed E-state index contributed by atoms with van der Waals surface area (Å²) < 4.78 is 0. The number of carbonyl (C=O) groups excluding carboxylic acids is 1. The van der Waals surface area contributed by atoms with Crippen molar-refractivity contribution >= 4 is 11.9 Å². The summed E-state index contributed by atoms with van der Waals surface area (Å²) in [5, 5.41) is 11.2. The molecule has 0 saturated heterocycles. The molecule has 23 heavy (non-hydrogen) atoms. The maximum Gasteiger partial charge on any atom is 0.325 e. The lowest BCUT2D eigenvalue weighted by Crippen LogP contribution is -2.38. The van der Waals surface area contributed by atoms with Crippen LogP contribution in [0.1, 0.15) is 90.9 Å². The van der Waals surface area contributed by atoms with Crippen molar-refractivity contribution in [3.8, 4) is 0 Å². The molecule has 1 unspecified atom stereocenters. The van der Waals surface area contributed by atoms with E-state index < -0.39 is 12.0 Å². The first-order valence-corrected chi connectivity index (χ1v) is 9.25. The highest BCUT2D eigenvalue weighted by molar-refractivity contribution is 5.83. The van der Waals surface area contributed by atoms with E-state index in [2.05, 4.69) is 24.4 Å². The number of carboxylic acids is 1. The summed E-state index contributed by atoms with van der Waals surface area (Å²) in [4.78, 5) is 22.1. The van der Waals surface area contributed by atoms with E-state index in [-0.39, 0.29) is 5.91 Å². The minimum absolute atomic E-state index is 0.161. The normalized spacial score (nSPS) is 12.4. The van der Waals surface area contributed by atoms with Gasteiger partial charge in [-0.05, 0) is 39.0 Å². The van der Waals surface area contributed by atoms with Crippen LogP contribution in [-0.4, -0.2) is 23.0 Å². The third-order valence-electron chi connectivity index (χ3n) is 3.91. The predicted molar refractivity (Wildman–Crippen MR) is 95.5 cm³/mol. The summed E-state index contributed by atoms with van der Waals surface area (Å²) in [6.07, 6.45) is 18.1. The first-order valence-electron chi connectivity index (χ1n) is 9.25. The van der Waals surface area contributed by atoms with Gasteiger partial charge in [-0.15, -0.1) is 0 Å². The van der Waals surface area contributed by atoms with Gasteiger partial charge in [0, 0.05) is 6.42 Å². The predicted octanol–water partition coefficient (Wildman–Crippen LogP) is 4.83. The molecule has 0 aromatic carbocycles. The molecule has 0 aromatic rings. The highest BCUT2D eigenvalue weighted by Crippen LogP contribution is 2.09. The third kappa shape index (κ3) is 15.4. The van der Waals surface area contributed by atoms with Crippen LogP contribution in [0.25, 0.3) is 0 Å². The van der Waals surface area contributed by atoms with E-state index in [1.165, 1.54) is 51.9 Å². The smallest absolute Gasteiger partial charge is 0.325 e. The van der Waals surface area contributed by atoms with Crippen LogP contribution < -0.4 is 5.32 Å². The molecule has 0 spiro atoms. The Morgan fingerprint density at radius 1 is 0.913 bits per heavy atom. The van der Waals surface area contributed by atoms with Gasteiger partial charge in [0.1, 0.15) is 6.04 Å². The van der Waals surface area contributed by atoms with Crippen molar-refractivity contribution in [2.45, 2.75) is 96.9 Å². The van der Waals surface area contributed by atoms with Gasteiger partial charge in [-0.1, -0.05) is 57.6 Å². The van der Waals surface area contributed by atoms with Crippen molar-refractivity contribution < 1.29 is 14.7 Å². The van der Waals surface area contributed by atoms with E-state index in [9.17, 15) is 9.59 Å². The minimum Gasteiger partial charge on any atom is -0.480 e. The molecule has 0 aliphatic heterocycles. The number of rotatable bonds is 15. The Morgan fingerprint density at radius 3 is 2.00 bits per heavy atom. The van der Waals surface area contributed by atoms with Gasteiger partial charge in [0.25, 0.3) is 0 Å². The van der Waals surface area contributed by atoms with E-state index in [4.69, 9.17) is 5.11 Å². The molecule has 0 radical (unpaired) electrons. The van der Waals surface area contributed by atoms with Gasteiger partial charge < -0.3 is 10.4 Å². The van der Waals surface area contributed by atoms with Crippen molar-refractivity contribution in [1.29, 1.82) is 0 Å². The Kier molecular flexibility index (Phi) is 14.7. The van der Waals surface area contributed by atoms with E-state index in [0.717, 1.165) is 25.7 Å². The van der Waals surface area contributed by atoms with Gasteiger partial charge in [-0.25, -0.2) is 0 Å². The molecule has 0 aliphatic rings.